The SMILES string of the molecule is CO[C@@H]1CC[C@H](C(=O)NCCCn2ccnc2)C[C@H]1NC(=O)Cc1cccnc1. The van der Waals surface area contributed by atoms with Crippen LogP contribution in [0.4, 0.5) is 0 Å². The minimum atomic E-state index is -0.167. The molecule has 156 valence electrons. The maximum Gasteiger partial charge on any atom is 0.224 e. The molecule has 1 fully saturated rings. The standard InChI is InChI=1S/C21H29N5O3/c1-29-19-6-5-17(21(28)24-8-3-10-26-11-9-23-15-26)13-18(19)25-20(27)12-16-4-2-7-22-14-16/h2,4,7,9,11,14-15,17-19H,3,5-6,8,10,12-13H2,1H3,(H,24,28)(H,25,27)/t17-,18+,19+/m0/s1. The van der Waals surface area contributed by atoms with Crippen LogP contribution in [0.2, 0.25) is 0 Å². The summed E-state index contributed by atoms with van der Waals surface area (Å²) < 4.78 is 7.55. The van der Waals surface area contributed by atoms with Crippen molar-refractivity contribution in [3.63, 3.8) is 0 Å². The zero-order valence-corrected chi connectivity index (χ0v) is 16.8. The number of aryl methyl sites for hydroxylation is 1. The predicted octanol–water partition coefficient (Wildman–Crippen LogP) is 1.33. The number of carbonyl (C=O) groups is 2. The van der Waals surface area contributed by atoms with Crippen LogP contribution in [0.5, 0.6) is 0 Å². The predicted molar refractivity (Wildman–Crippen MR) is 108 cm³/mol. The number of ether oxygens (including phenoxy) is 1. The molecule has 0 radical (unpaired) electrons. The van der Waals surface area contributed by atoms with Crippen LogP contribution in [0.1, 0.15) is 31.2 Å². The quantitative estimate of drug-likeness (QED) is 0.620. The summed E-state index contributed by atoms with van der Waals surface area (Å²) in [5, 5.41) is 6.08. The molecule has 0 aliphatic heterocycles. The van der Waals surface area contributed by atoms with E-state index in [0.717, 1.165) is 31.4 Å². The van der Waals surface area contributed by atoms with E-state index in [0.29, 0.717) is 13.0 Å². The second-order valence-electron chi connectivity index (χ2n) is 7.44. The lowest BCUT2D eigenvalue weighted by Crippen LogP contribution is -2.50. The first kappa shape index (κ1) is 21.0. The lowest BCUT2D eigenvalue weighted by Gasteiger charge is -2.35. The normalized spacial score (nSPS) is 21.5. The first-order chi connectivity index (χ1) is 14.2. The molecular weight excluding hydrogens is 370 g/mol. The molecule has 2 heterocycles. The van der Waals surface area contributed by atoms with E-state index in [2.05, 4.69) is 20.6 Å². The van der Waals surface area contributed by atoms with Gasteiger partial charge in [0.05, 0.1) is 24.9 Å². The van der Waals surface area contributed by atoms with Crippen molar-refractivity contribution in [2.45, 2.75) is 50.8 Å². The Hall–Kier alpha value is -2.74. The fraction of sp³-hybridized carbons (Fsp3) is 0.524. The van der Waals surface area contributed by atoms with E-state index in [-0.39, 0.29) is 36.3 Å². The number of hydrogen-bond donors (Lipinski definition) is 2. The van der Waals surface area contributed by atoms with Crippen LogP contribution in [0.15, 0.2) is 43.2 Å². The summed E-state index contributed by atoms with van der Waals surface area (Å²) in [6.45, 7) is 1.45. The number of pyridine rings is 1. The monoisotopic (exact) mass is 399 g/mol. The Morgan fingerprint density at radius 1 is 1.28 bits per heavy atom. The molecule has 2 N–H and O–H groups in total. The molecule has 29 heavy (non-hydrogen) atoms. The number of imidazole rings is 1. The van der Waals surface area contributed by atoms with Gasteiger partial charge in [0.25, 0.3) is 0 Å². The van der Waals surface area contributed by atoms with E-state index in [9.17, 15) is 9.59 Å². The van der Waals surface area contributed by atoms with Crippen LogP contribution in [0, 0.1) is 5.92 Å². The van der Waals surface area contributed by atoms with Crippen molar-refractivity contribution in [2.75, 3.05) is 13.7 Å². The van der Waals surface area contributed by atoms with E-state index in [4.69, 9.17) is 4.74 Å². The third kappa shape index (κ3) is 6.39. The fourth-order valence-electron chi connectivity index (χ4n) is 3.80. The van der Waals surface area contributed by atoms with E-state index >= 15 is 0 Å². The number of aromatic nitrogens is 3. The van der Waals surface area contributed by atoms with Crippen LogP contribution in [-0.4, -0.2) is 52.1 Å². The van der Waals surface area contributed by atoms with Gasteiger partial charge >= 0.3 is 0 Å². The van der Waals surface area contributed by atoms with Crippen molar-refractivity contribution in [3.05, 3.63) is 48.8 Å². The summed E-state index contributed by atoms with van der Waals surface area (Å²) in [6.07, 6.45) is 11.9. The summed E-state index contributed by atoms with van der Waals surface area (Å²) in [6, 6.07) is 3.52. The highest BCUT2D eigenvalue weighted by Crippen LogP contribution is 2.27. The molecule has 1 saturated carbocycles. The van der Waals surface area contributed by atoms with Crippen LogP contribution in [-0.2, 0) is 27.3 Å². The lowest BCUT2D eigenvalue weighted by molar-refractivity contribution is -0.129. The molecule has 1 aliphatic rings. The molecular formula is C21H29N5O3. The summed E-state index contributed by atoms with van der Waals surface area (Å²) in [4.78, 5) is 33.1. The third-order valence-electron chi connectivity index (χ3n) is 5.35. The van der Waals surface area contributed by atoms with Gasteiger partial charge in [0.15, 0.2) is 0 Å². The van der Waals surface area contributed by atoms with Crippen LogP contribution in [0.25, 0.3) is 0 Å². The maximum atomic E-state index is 12.6. The fourth-order valence-corrected chi connectivity index (χ4v) is 3.80. The van der Waals surface area contributed by atoms with Crippen molar-refractivity contribution < 1.29 is 14.3 Å². The van der Waals surface area contributed by atoms with Gasteiger partial charge in [-0.2, -0.15) is 0 Å². The molecule has 8 heteroatoms. The Morgan fingerprint density at radius 2 is 2.17 bits per heavy atom. The molecule has 0 aromatic carbocycles. The largest absolute Gasteiger partial charge is 0.379 e. The molecule has 2 aromatic rings. The molecule has 2 amide bonds. The Morgan fingerprint density at radius 3 is 2.90 bits per heavy atom. The number of methoxy groups -OCH3 is 1. The Kier molecular flexibility index (Phi) is 7.75. The first-order valence-corrected chi connectivity index (χ1v) is 10.1. The molecule has 2 aromatic heterocycles. The Bertz CT molecular complexity index is 766. The number of amides is 2. The summed E-state index contributed by atoms with van der Waals surface area (Å²) in [5.74, 6) is -0.138. The van der Waals surface area contributed by atoms with Gasteiger partial charge in [-0.1, -0.05) is 6.07 Å². The summed E-state index contributed by atoms with van der Waals surface area (Å²) in [5.41, 5.74) is 0.863. The van der Waals surface area contributed by atoms with Crippen molar-refractivity contribution >= 4 is 11.8 Å². The van der Waals surface area contributed by atoms with Gasteiger partial charge in [-0.15, -0.1) is 0 Å². The second kappa shape index (κ2) is 10.7. The summed E-state index contributed by atoms with van der Waals surface area (Å²) in [7, 11) is 1.65. The molecule has 0 bridgehead atoms. The van der Waals surface area contributed by atoms with Gasteiger partial charge in [-0.25, -0.2) is 4.98 Å². The molecule has 0 unspecified atom stereocenters. The van der Waals surface area contributed by atoms with Crippen LogP contribution < -0.4 is 10.6 Å². The Balaban J connectivity index is 1.45. The van der Waals surface area contributed by atoms with Crippen molar-refractivity contribution in [3.8, 4) is 0 Å². The number of nitrogens with zero attached hydrogens (tertiary/aromatic N) is 3. The Labute approximate surface area is 171 Å². The smallest absolute Gasteiger partial charge is 0.224 e. The van der Waals surface area contributed by atoms with Gasteiger partial charge in [-0.3, -0.25) is 14.6 Å². The molecule has 1 aliphatic carbocycles. The number of nitrogens with one attached hydrogen (secondary N) is 2. The van der Waals surface area contributed by atoms with E-state index in [1.165, 1.54) is 0 Å². The topological polar surface area (TPSA) is 98.1 Å². The zero-order valence-electron chi connectivity index (χ0n) is 16.8. The molecule has 0 saturated heterocycles. The number of rotatable bonds is 9. The van der Waals surface area contributed by atoms with Gasteiger partial charge in [0.1, 0.15) is 0 Å². The lowest BCUT2D eigenvalue weighted by atomic mass is 9.83. The van der Waals surface area contributed by atoms with E-state index in [1.807, 2.05) is 22.9 Å². The highest BCUT2D eigenvalue weighted by Gasteiger charge is 2.34. The average Bonchev–Trinajstić information content (AvgIpc) is 3.25. The highest BCUT2D eigenvalue weighted by atomic mass is 16.5. The van der Waals surface area contributed by atoms with Gasteiger partial charge in [0, 0.05) is 50.9 Å². The third-order valence-corrected chi connectivity index (χ3v) is 5.35. The maximum absolute atomic E-state index is 12.6. The van der Waals surface area contributed by atoms with E-state index < -0.39 is 0 Å². The van der Waals surface area contributed by atoms with Crippen molar-refractivity contribution in [1.29, 1.82) is 0 Å². The van der Waals surface area contributed by atoms with Gasteiger partial charge in [-0.05, 0) is 37.3 Å². The number of carbonyl (C=O) groups excluding carboxylic acids is 2. The van der Waals surface area contributed by atoms with Crippen molar-refractivity contribution in [1.82, 2.24) is 25.2 Å². The minimum absolute atomic E-state index is 0.0525. The van der Waals surface area contributed by atoms with Crippen LogP contribution in [0.3, 0.4) is 0 Å². The average molecular weight is 399 g/mol. The zero-order chi connectivity index (χ0) is 20.5. The molecule has 0 spiro atoms. The van der Waals surface area contributed by atoms with Crippen LogP contribution >= 0.6 is 0 Å². The molecule has 3 atom stereocenters. The van der Waals surface area contributed by atoms with Crippen molar-refractivity contribution in [2.24, 2.45) is 5.92 Å². The summed E-state index contributed by atoms with van der Waals surface area (Å²) >= 11 is 0. The highest BCUT2D eigenvalue weighted by molar-refractivity contribution is 5.80. The molecule has 3 rings (SSSR count). The van der Waals surface area contributed by atoms with Gasteiger partial charge < -0.3 is 19.9 Å². The first-order valence-electron chi connectivity index (χ1n) is 10.1. The molecule has 8 nitrogen and oxygen atoms in total. The number of hydrogen-bond acceptors (Lipinski definition) is 5. The minimum Gasteiger partial charge on any atom is -0.379 e. The van der Waals surface area contributed by atoms with Gasteiger partial charge in [0.2, 0.25) is 11.8 Å². The van der Waals surface area contributed by atoms with E-state index in [1.54, 1.807) is 32.0 Å². The second-order valence-corrected chi connectivity index (χ2v) is 7.44.